The van der Waals surface area contributed by atoms with E-state index in [2.05, 4.69) is 36.1 Å². The first-order valence-corrected chi connectivity index (χ1v) is 10.2. The molecule has 0 spiro atoms. The van der Waals surface area contributed by atoms with Crippen LogP contribution in [0.5, 0.6) is 0 Å². The topological polar surface area (TPSA) is 60.9 Å². The number of likely N-dealkylation sites (tertiary alicyclic amines) is 1. The summed E-state index contributed by atoms with van der Waals surface area (Å²) in [4.78, 5) is 2.15. The van der Waals surface area contributed by atoms with Gasteiger partial charge in [-0.25, -0.2) is 12.7 Å². The summed E-state index contributed by atoms with van der Waals surface area (Å²) in [6.07, 6.45) is -0.605. The van der Waals surface area contributed by atoms with Gasteiger partial charge in [-0.15, -0.1) is 0 Å². The van der Waals surface area contributed by atoms with E-state index in [4.69, 9.17) is 0 Å². The quantitative estimate of drug-likeness (QED) is 0.882. The maximum atomic E-state index is 12.1. The lowest BCUT2D eigenvalue weighted by molar-refractivity contribution is 0.148. The lowest BCUT2D eigenvalue weighted by Crippen LogP contribution is -2.33. The molecule has 2 atom stereocenters. The molecule has 0 amide bonds. The molecule has 25 heavy (non-hydrogen) atoms. The molecule has 3 rings (SSSR count). The molecule has 2 aromatic carbocycles. The van der Waals surface area contributed by atoms with Gasteiger partial charge in [0.2, 0.25) is 10.0 Å². The van der Waals surface area contributed by atoms with Crippen molar-refractivity contribution in [1.82, 2.24) is 9.21 Å². The first kappa shape index (κ1) is 18.3. The third-order valence-electron chi connectivity index (χ3n) is 5.09. The number of nitrogens with zero attached hydrogens (tertiary/aromatic N) is 2. The SMILES string of the molecule is Cc1ccc(CN2C[C@@H](CS(=O)(=O)N(C)C)[C@H](O)C2)c2ccccc12. The smallest absolute Gasteiger partial charge is 0.214 e. The van der Waals surface area contributed by atoms with Crippen LogP contribution in [0.15, 0.2) is 36.4 Å². The average Bonchev–Trinajstić information content (AvgIpc) is 2.89. The minimum Gasteiger partial charge on any atom is -0.391 e. The van der Waals surface area contributed by atoms with E-state index in [1.54, 1.807) is 0 Å². The predicted octanol–water partition coefficient (Wildman–Crippen LogP) is 1.83. The largest absolute Gasteiger partial charge is 0.391 e. The van der Waals surface area contributed by atoms with E-state index >= 15 is 0 Å². The second kappa shape index (κ2) is 7.03. The number of sulfonamides is 1. The van der Waals surface area contributed by atoms with Crippen LogP contribution in [0.1, 0.15) is 11.1 Å². The molecule has 1 fully saturated rings. The van der Waals surface area contributed by atoms with E-state index in [0.717, 1.165) is 6.54 Å². The summed E-state index contributed by atoms with van der Waals surface area (Å²) in [7, 11) is -0.235. The van der Waals surface area contributed by atoms with Crippen LogP contribution in [0.4, 0.5) is 0 Å². The van der Waals surface area contributed by atoms with Gasteiger partial charge in [0, 0.05) is 39.6 Å². The Bertz CT molecular complexity index is 864. The number of benzene rings is 2. The summed E-state index contributed by atoms with van der Waals surface area (Å²) in [5.41, 5.74) is 2.46. The number of β-amino-alcohol motifs (C(OH)–C–C–N with tert-alkyl or cyclic N) is 1. The normalized spacial score (nSPS) is 22.1. The number of aryl methyl sites for hydroxylation is 1. The predicted molar refractivity (Wildman–Crippen MR) is 101 cm³/mol. The molecule has 6 heteroatoms. The summed E-state index contributed by atoms with van der Waals surface area (Å²) in [6.45, 7) is 3.93. The van der Waals surface area contributed by atoms with Crippen LogP contribution in [-0.4, -0.2) is 61.8 Å². The molecule has 2 aromatic rings. The van der Waals surface area contributed by atoms with Crippen molar-refractivity contribution in [2.45, 2.75) is 19.6 Å². The van der Waals surface area contributed by atoms with E-state index in [-0.39, 0.29) is 11.7 Å². The van der Waals surface area contributed by atoms with Crippen LogP contribution in [0.2, 0.25) is 0 Å². The van der Waals surface area contributed by atoms with E-state index in [1.807, 2.05) is 12.1 Å². The maximum Gasteiger partial charge on any atom is 0.214 e. The van der Waals surface area contributed by atoms with Crippen LogP contribution in [0.25, 0.3) is 10.8 Å². The zero-order valence-electron chi connectivity index (χ0n) is 15.0. The van der Waals surface area contributed by atoms with Crippen molar-refractivity contribution in [3.63, 3.8) is 0 Å². The van der Waals surface area contributed by atoms with E-state index < -0.39 is 16.1 Å². The van der Waals surface area contributed by atoms with Crippen molar-refractivity contribution in [3.8, 4) is 0 Å². The van der Waals surface area contributed by atoms with Crippen LogP contribution in [-0.2, 0) is 16.6 Å². The summed E-state index contributed by atoms with van der Waals surface area (Å²) >= 11 is 0. The van der Waals surface area contributed by atoms with Gasteiger partial charge in [-0.1, -0.05) is 36.4 Å². The molecule has 1 saturated heterocycles. The van der Waals surface area contributed by atoms with Gasteiger partial charge in [0.1, 0.15) is 0 Å². The van der Waals surface area contributed by atoms with Gasteiger partial charge >= 0.3 is 0 Å². The third-order valence-corrected chi connectivity index (χ3v) is 7.05. The first-order valence-electron chi connectivity index (χ1n) is 8.56. The van der Waals surface area contributed by atoms with Gasteiger partial charge in [-0.2, -0.15) is 0 Å². The van der Waals surface area contributed by atoms with Gasteiger partial charge in [0.25, 0.3) is 0 Å². The van der Waals surface area contributed by atoms with Crippen LogP contribution >= 0.6 is 0 Å². The Hall–Kier alpha value is -1.47. The van der Waals surface area contributed by atoms with Crippen LogP contribution < -0.4 is 0 Å². The van der Waals surface area contributed by atoms with Crippen molar-refractivity contribution < 1.29 is 13.5 Å². The average molecular weight is 362 g/mol. The fraction of sp³-hybridized carbons (Fsp3) is 0.474. The Balaban J connectivity index is 1.76. The third kappa shape index (κ3) is 3.87. The Labute approximate surface area is 149 Å². The minimum absolute atomic E-state index is 0.00763. The fourth-order valence-electron chi connectivity index (χ4n) is 3.54. The van der Waals surface area contributed by atoms with Crippen LogP contribution in [0.3, 0.4) is 0 Å². The summed E-state index contributed by atoms with van der Waals surface area (Å²) in [5.74, 6) is -0.254. The Morgan fingerprint density at radius 2 is 1.80 bits per heavy atom. The van der Waals surface area contributed by atoms with Crippen molar-refractivity contribution in [1.29, 1.82) is 0 Å². The minimum atomic E-state index is -3.30. The van der Waals surface area contributed by atoms with Gasteiger partial charge in [-0.3, -0.25) is 4.90 Å². The molecule has 1 heterocycles. The van der Waals surface area contributed by atoms with E-state index in [1.165, 1.54) is 40.3 Å². The second-order valence-corrected chi connectivity index (χ2v) is 9.40. The van der Waals surface area contributed by atoms with E-state index in [0.29, 0.717) is 13.1 Å². The molecule has 0 saturated carbocycles. The maximum absolute atomic E-state index is 12.1. The molecule has 1 aliphatic heterocycles. The molecule has 5 nitrogen and oxygen atoms in total. The van der Waals surface area contributed by atoms with Crippen molar-refractivity contribution in [2.75, 3.05) is 32.9 Å². The molecule has 0 bridgehead atoms. The van der Waals surface area contributed by atoms with Crippen molar-refractivity contribution in [3.05, 3.63) is 47.5 Å². The number of aliphatic hydroxyl groups is 1. The number of hydrogen-bond donors (Lipinski definition) is 1. The molecular formula is C19H26N2O3S. The summed E-state index contributed by atoms with van der Waals surface area (Å²) < 4.78 is 25.4. The second-order valence-electron chi connectivity index (χ2n) is 7.17. The molecular weight excluding hydrogens is 336 g/mol. The number of aliphatic hydroxyl groups excluding tert-OH is 1. The van der Waals surface area contributed by atoms with Crippen molar-refractivity contribution >= 4 is 20.8 Å². The zero-order chi connectivity index (χ0) is 18.2. The summed E-state index contributed by atoms with van der Waals surface area (Å²) in [5, 5.41) is 12.8. The van der Waals surface area contributed by atoms with Gasteiger partial charge in [0.15, 0.2) is 0 Å². The highest BCUT2D eigenvalue weighted by Gasteiger charge is 2.35. The number of rotatable bonds is 5. The lowest BCUT2D eigenvalue weighted by Gasteiger charge is -2.19. The lowest BCUT2D eigenvalue weighted by atomic mass is 10.00. The van der Waals surface area contributed by atoms with Crippen molar-refractivity contribution in [2.24, 2.45) is 5.92 Å². The molecule has 1 aliphatic rings. The van der Waals surface area contributed by atoms with Gasteiger partial charge in [0.05, 0.1) is 11.9 Å². The Kier molecular flexibility index (Phi) is 5.16. The fourth-order valence-corrected chi connectivity index (χ4v) is 4.71. The highest BCUT2D eigenvalue weighted by atomic mass is 32.2. The molecule has 0 aromatic heterocycles. The summed E-state index contributed by atoms with van der Waals surface area (Å²) in [6, 6.07) is 12.6. The van der Waals surface area contributed by atoms with E-state index in [9.17, 15) is 13.5 Å². The molecule has 1 N–H and O–H groups in total. The number of fused-ring (bicyclic) bond motifs is 1. The molecule has 136 valence electrons. The monoisotopic (exact) mass is 362 g/mol. The molecule has 0 aliphatic carbocycles. The molecule has 0 unspecified atom stereocenters. The Morgan fingerprint density at radius 1 is 1.12 bits per heavy atom. The van der Waals surface area contributed by atoms with Gasteiger partial charge in [-0.05, 0) is 28.8 Å². The zero-order valence-corrected chi connectivity index (χ0v) is 15.8. The standard InChI is InChI=1S/C19H26N2O3S/c1-14-8-9-15(18-7-5-4-6-17(14)18)10-21-11-16(19(22)12-21)13-25(23,24)20(2)3/h4-9,16,19,22H,10-13H2,1-3H3/t16-,19+/m0/s1. The highest BCUT2D eigenvalue weighted by Crippen LogP contribution is 2.26. The molecule has 0 radical (unpaired) electrons. The van der Waals surface area contributed by atoms with Gasteiger partial charge < -0.3 is 5.11 Å². The number of hydrogen-bond acceptors (Lipinski definition) is 4. The Morgan fingerprint density at radius 3 is 2.48 bits per heavy atom. The van der Waals surface area contributed by atoms with Crippen LogP contribution in [0, 0.1) is 12.8 Å². The first-order chi connectivity index (χ1) is 11.8. The highest BCUT2D eigenvalue weighted by molar-refractivity contribution is 7.89.